The van der Waals surface area contributed by atoms with Crippen LogP contribution in [0.5, 0.6) is 0 Å². The first kappa shape index (κ1) is 13.2. The van der Waals surface area contributed by atoms with Crippen LogP contribution in [-0.4, -0.2) is 31.3 Å². The minimum Gasteiger partial charge on any atom is -0.459 e. The van der Waals surface area contributed by atoms with E-state index in [0.717, 1.165) is 6.08 Å². The van der Waals surface area contributed by atoms with Gasteiger partial charge in [0.25, 0.3) is 0 Å². The molecule has 5 heteroatoms. The Kier molecular flexibility index (Phi) is 4.66. The van der Waals surface area contributed by atoms with E-state index in [0.29, 0.717) is 6.61 Å². The molecule has 0 aromatic carbocycles. The zero-order chi connectivity index (χ0) is 12.8. The Bertz CT molecular complexity index is 376. The maximum absolute atomic E-state index is 11.5. The standard InChI is InChI=1S/C12H14O5/c1-4-10(17-11(13)5-2)8(3)12(14)16-7-9-6-15-9/h4-5,9H,1-2,6-7H2,3H3/b10-8+. The van der Waals surface area contributed by atoms with Crippen LogP contribution in [0, 0.1) is 0 Å². The first-order chi connectivity index (χ1) is 8.08. The van der Waals surface area contributed by atoms with Gasteiger partial charge in [-0.3, -0.25) is 0 Å². The molecule has 0 radical (unpaired) electrons. The van der Waals surface area contributed by atoms with E-state index in [1.54, 1.807) is 0 Å². The summed E-state index contributed by atoms with van der Waals surface area (Å²) in [5.41, 5.74) is 0.177. The third kappa shape index (κ3) is 4.24. The minimum absolute atomic E-state index is 0.00495. The zero-order valence-corrected chi connectivity index (χ0v) is 9.60. The summed E-state index contributed by atoms with van der Waals surface area (Å²) in [5.74, 6) is -1.15. The molecular weight excluding hydrogens is 224 g/mol. The van der Waals surface area contributed by atoms with Crippen LogP contribution in [0.2, 0.25) is 0 Å². The fourth-order valence-corrected chi connectivity index (χ4v) is 0.963. The Balaban J connectivity index is 2.61. The summed E-state index contributed by atoms with van der Waals surface area (Å²) in [6.07, 6.45) is 2.26. The summed E-state index contributed by atoms with van der Waals surface area (Å²) >= 11 is 0. The summed E-state index contributed by atoms with van der Waals surface area (Å²) in [4.78, 5) is 22.5. The van der Waals surface area contributed by atoms with Crippen LogP contribution in [0.15, 0.2) is 36.6 Å². The molecule has 5 nitrogen and oxygen atoms in total. The number of allylic oxidation sites excluding steroid dienone is 1. The SMILES string of the molecule is C=CC(=O)O/C(C=C)=C(\C)C(=O)OCC1CO1. The van der Waals surface area contributed by atoms with Gasteiger partial charge in [0, 0.05) is 6.08 Å². The summed E-state index contributed by atoms with van der Waals surface area (Å²) in [7, 11) is 0. The molecule has 1 heterocycles. The van der Waals surface area contributed by atoms with Gasteiger partial charge >= 0.3 is 11.9 Å². The molecule has 1 aliphatic rings. The molecule has 1 rings (SSSR count). The van der Waals surface area contributed by atoms with Crippen LogP contribution in [0.25, 0.3) is 0 Å². The number of carbonyl (C=O) groups is 2. The summed E-state index contributed by atoms with van der Waals surface area (Å²) in [6, 6.07) is 0. The third-order valence-electron chi connectivity index (χ3n) is 2.04. The van der Waals surface area contributed by atoms with Gasteiger partial charge in [-0.15, -0.1) is 0 Å². The van der Waals surface area contributed by atoms with Crippen LogP contribution < -0.4 is 0 Å². The smallest absolute Gasteiger partial charge is 0.337 e. The van der Waals surface area contributed by atoms with Gasteiger partial charge in [-0.1, -0.05) is 13.2 Å². The fourth-order valence-electron chi connectivity index (χ4n) is 0.963. The van der Waals surface area contributed by atoms with Gasteiger partial charge in [0.05, 0.1) is 12.2 Å². The second-order valence-electron chi connectivity index (χ2n) is 3.37. The lowest BCUT2D eigenvalue weighted by molar-refractivity contribution is -0.140. The van der Waals surface area contributed by atoms with Gasteiger partial charge in [0.1, 0.15) is 18.5 Å². The van der Waals surface area contributed by atoms with Crippen LogP contribution in [0.4, 0.5) is 0 Å². The largest absolute Gasteiger partial charge is 0.459 e. The topological polar surface area (TPSA) is 65.1 Å². The molecule has 17 heavy (non-hydrogen) atoms. The summed E-state index contributed by atoms with van der Waals surface area (Å²) in [5, 5.41) is 0. The number of hydrogen-bond donors (Lipinski definition) is 0. The van der Waals surface area contributed by atoms with Crippen molar-refractivity contribution in [2.24, 2.45) is 0 Å². The van der Waals surface area contributed by atoms with Gasteiger partial charge < -0.3 is 14.2 Å². The molecule has 0 saturated carbocycles. The first-order valence-corrected chi connectivity index (χ1v) is 5.04. The predicted octanol–water partition coefficient (Wildman–Crippen LogP) is 1.12. The monoisotopic (exact) mass is 238 g/mol. The molecule has 0 aliphatic carbocycles. The van der Waals surface area contributed by atoms with Crippen molar-refractivity contribution in [2.75, 3.05) is 13.2 Å². The van der Waals surface area contributed by atoms with E-state index >= 15 is 0 Å². The van der Waals surface area contributed by atoms with Crippen molar-refractivity contribution < 1.29 is 23.8 Å². The molecular formula is C12H14O5. The number of rotatable bonds is 6. The average molecular weight is 238 g/mol. The summed E-state index contributed by atoms with van der Waals surface area (Å²) in [6.45, 7) is 9.01. The molecule has 1 atom stereocenters. The Hall–Kier alpha value is -1.88. The molecule has 0 N–H and O–H groups in total. The van der Waals surface area contributed by atoms with E-state index in [2.05, 4.69) is 13.2 Å². The number of ether oxygens (including phenoxy) is 3. The van der Waals surface area contributed by atoms with Crippen molar-refractivity contribution in [3.63, 3.8) is 0 Å². The fraction of sp³-hybridized carbons (Fsp3) is 0.333. The van der Waals surface area contributed by atoms with Gasteiger partial charge in [-0.2, -0.15) is 0 Å². The highest BCUT2D eigenvalue weighted by atomic mass is 16.6. The van der Waals surface area contributed by atoms with E-state index < -0.39 is 11.9 Å². The maximum atomic E-state index is 11.5. The van der Waals surface area contributed by atoms with Crippen molar-refractivity contribution in [3.05, 3.63) is 36.6 Å². The Morgan fingerprint density at radius 2 is 2.06 bits per heavy atom. The van der Waals surface area contributed by atoms with Gasteiger partial charge in [0.2, 0.25) is 0 Å². The highest BCUT2D eigenvalue weighted by molar-refractivity contribution is 5.90. The first-order valence-electron chi connectivity index (χ1n) is 5.04. The molecule has 1 fully saturated rings. The van der Waals surface area contributed by atoms with E-state index in [1.165, 1.54) is 13.0 Å². The normalized spacial score (nSPS) is 18.8. The van der Waals surface area contributed by atoms with Crippen LogP contribution in [0.3, 0.4) is 0 Å². The quantitative estimate of drug-likeness (QED) is 0.228. The molecule has 92 valence electrons. The molecule has 0 aromatic rings. The lowest BCUT2D eigenvalue weighted by Gasteiger charge is -2.07. The van der Waals surface area contributed by atoms with Crippen molar-refractivity contribution in [3.8, 4) is 0 Å². The number of esters is 2. The molecule has 0 amide bonds. The second kappa shape index (κ2) is 6.00. The minimum atomic E-state index is -0.655. The van der Waals surface area contributed by atoms with Gasteiger partial charge in [0.15, 0.2) is 0 Å². The second-order valence-corrected chi connectivity index (χ2v) is 3.37. The lowest BCUT2D eigenvalue weighted by Crippen LogP contribution is -2.13. The van der Waals surface area contributed by atoms with Crippen LogP contribution in [0.1, 0.15) is 6.92 Å². The average Bonchev–Trinajstić information content (AvgIpc) is 3.15. The van der Waals surface area contributed by atoms with E-state index in [9.17, 15) is 9.59 Å². The Labute approximate surface area is 99.3 Å². The van der Waals surface area contributed by atoms with E-state index in [-0.39, 0.29) is 24.0 Å². The maximum Gasteiger partial charge on any atom is 0.337 e. The number of hydrogen-bond acceptors (Lipinski definition) is 5. The molecule has 0 bridgehead atoms. The van der Waals surface area contributed by atoms with E-state index in [1.807, 2.05) is 0 Å². The third-order valence-corrected chi connectivity index (χ3v) is 2.04. The van der Waals surface area contributed by atoms with Crippen molar-refractivity contribution >= 4 is 11.9 Å². The molecule has 1 unspecified atom stereocenters. The Morgan fingerprint density at radius 3 is 2.53 bits per heavy atom. The lowest BCUT2D eigenvalue weighted by atomic mass is 10.2. The Morgan fingerprint density at radius 1 is 1.41 bits per heavy atom. The number of epoxide rings is 1. The number of carbonyl (C=O) groups excluding carboxylic acids is 2. The van der Waals surface area contributed by atoms with Crippen LogP contribution >= 0.6 is 0 Å². The zero-order valence-electron chi connectivity index (χ0n) is 9.60. The van der Waals surface area contributed by atoms with E-state index in [4.69, 9.17) is 14.2 Å². The molecule has 0 spiro atoms. The highest BCUT2D eigenvalue weighted by Crippen LogP contribution is 2.13. The molecule has 1 saturated heterocycles. The van der Waals surface area contributed by atoms with Gasteiger partial charge in [-0.25, -0.2) is 9.59 Å². The van der Waals surface area contributed by atoms with Crippen molar-refractivity contribution in [1.29, 1.82) is 0 Å². The van der Waals surface area contributed by atoms with Crippen molar-refractivity contribution in [1.82, 2.24) is 0 Å². The van der Waals surface area contributed by atoms with Crippen LogP contribution in [-0.2, 0) is 23.8 Å². The predicted molar refractivity (Wildman–Crippen MR) is 59.9 cm³/mol. The van der Waals surface area contributed by atoms with Crippen molar-refractivity contribution in [2.45, 2.75) is 13.0 Å². The molecule has 0 aromatic heterocycles. The molecule has 1 aliphatic heterocycles. The highest BCUT2D eigenvalue weighted by Gasteiger charge is 2.25. The summed E-state index contributed by atoms with van der Waals surface area (Å²) < 4.78 is 14.7. The van der Waals surface area contributed by atoms with Gasteiger partial charge in [-0.05, 0) is 13.0 Å².